The topological polar surface area (TPSA) is 104 Å². The number of hydrogen-bond donors (Lipinski definition) is 3. The number of non-ortho nitro benzene ring substituents is 1. The molecule has 3 aromatic carbocycles. The quantitative estimate of drug-likeness (QED) is 0.161. The lowest BCUT2D eigenvalue weighted by molar-refractivity contribution is -0.671. The van der Waals surface area contributed by atoms with Gasteiger partial charge in [0.2, 0.25) is 5.52 Å². The Morgan fingerprint density at radius 2 is 1.34 bits per heavy atom. The van der Waals surface area contributed by atoms with Crippen LogP contribution in [0.5, 0.6) is 0 Å². The Balaban J connectivity index is 1.24. The number of nitro groups is 1. The molecule has 5 rings (SSSR count). The zero-order valence-electron chi connectivity index (χ0n) is 20.9. The predicted molar refractivity (Wildman–Crippen MR) is 147 cm³/mol. The van der Waals surface area contributed by atoms with Crippen LogP contribution < -0.4 is 25.1 Å². The highest BCUT2D eigenvalue weighted by Gasteiger charge is 2.15. The number of hydrogen-bond acceptors (Lipinski definition) is 5. The number of carbonyl (C=O) groups is 1. The fraction of sp³-hybridized carbons (Fsp3) is 0.0690. The molecular weight excluding hydrogens is 480 g/mol. The largest absolute Gasteiger partial charge is 0.355 e. The van der Waals surface area contributed by atoms with Crippen molar-refractivity contribution in [3.8, 4) is 0 Å². The molecule has 188 valence electrons. The van der Waals surface area contributed by atoms with Crippen molar-refractivity contribution < 1.29 is 18.9 Å². The maximum atomic E-state index is 12.8. The number of nitrogens with one attached hydrogen (secondary N) is 3. The molecule has 9 nitrogen and oxygen atoms in total. The van der Waals surface area contributed by atoms with E-state index in [1.807, 2.05) is 96.4 Å². The first kappa shape index (κ1) is 24.4. The van der Waals surface area contributed by atoms with Gasteiger partial charge >= 0.3 is 0 Å². The molecule has 0 aliphatic carbocycles. The summed E-state index contributed by atoms with van der Waals surface area (Å²) in [5.41, 5.74) is 5.50. The summed E-state index contributed by atoms with van der Waals surface area (Å²) in [5.74, 6) is -0.202. The van der Waals surface area contributed by atoms with Crippen LogP contribution >= 0.6 is 0 Å². The first-order chi connectivity index (χ1) is 18.4. The lowest BCUT2D eigenvalue weighted by Gasteiger charge is -2.11. The summed E-state index contributed by atoms with van der Waals surface area (Å²) in [5, 5.41) is 21.6. The van der Waals surface area contributed by atoms with Gasteiger partial charge in [0, 0.05) is 46.9 Å². The predicted octanol–water partition coefficient (Wildman–Crippen LogP) is 5.14. The van der Waals surface area contributed by atoms with Gasteiger partial charge in [0.1, 0.15) is 14.1 Å². The molecule has 0 fully saturated rings. The number of benzene rings is 3. The van der Waals surface area contributed by atoms with Crippen LogP contribution in [0.3, 0.4) is 0 Å². The van der Waals surface area contributed by atoms with Gasteiger partial charge in [-0.05, 0) is 54.6 Å². The molecule has 0 saturated heterocycles. The number of nitrogens with zero attached hydrogens (tertiary/aromatic N) is 3. The number of amides is 1. The molecule has 5 aromatic rings. The van der Waals surface area contributed by atoms with Gasteiger partial charge in [-0.15, -0.1) is 0 Å². The summed E-state index contributed by atoms with van der Waals surface area (Å²) < 4.78 is 3.80. The highest BCUT2D eigenvalue weighted by Crippen LogP contribution is 2.28. The van der Waals surface area contributed by atoms with Crippen LogP contribution in [0.2, 0.25) is 0 Å². The number of carbonyl (C=O) groups excluding carboxylic acids is 1. The maximum absolute atomic E-state index is 12.8. The van der Waals surface area contributed by atoms with Crippen molar-refractivity contribution in [1.82, 2.24) is 0 Å². The highest BCUT2D eigenvalue weighted by molar-refractivity contribution is 6.04. The average molecular weight is 507 g/mol. The zero-order chi connectivity index (χ0) is 26.6. The molecule has 0 aliphatic heterocycles. The summed E-state index contributed by atoms with van der Waals surface area (Å²) in [7, 11) is 3.81. The van der Waals surface area contributed by atoms with Crippen LogP contribution in [0, 0.1) is 10.1 Å². The van der Waals surface area contributed by atoms with E-state index in [1.165, 1.54) is 6.07 Å². The second kappa shape index (κ2) is 10.4. The van der Waals surface area contributed by atoms with Crippen molar-refractivity contribution in [2.75, 3.05) is 16.0 Å². The number of aryl methyl sites for hydroxylation is 2. The van der Waals surface area contributed by atoms with Crippen LogP contribution in [0.25, 0.3) is 10.9 Å². The van der Waals surface area contributed by atoms with Crippen molar-refractivity contribution in [2.45, 2.75) is 0 Å². The molecule has 1 amide bonds. The van der Waals surface area contributed by atoms with Crippen LogP contribution in [0.4, 0.5) is 34.1 Å². The van der Waals surface area contributed by atoms with Crippen molar-refractivity contribution >= 4 is 50.9 Å². The van der Waals surface area contributed by atoms with E-state index in [1.54, 1.807) is 24.3 Å². The van der Waals surface area contributed by atoms with Crippen molar-refractivity contribution in [1.29, 1.82) is 0 Å². The van der Waals surface area contributed by atoms with Gasteiger partial charge in [0.05, 0.1) is 27.8 Å². The zero-order valence-corrected chi connectivity index (χ0v) is 20.9. The molecule has 0 radical (unpaired) electrons. The first-order valence-corrected chi connectivity index (χ1v) is 11.9. The maximum Gasteiger partial charge on any atom is 0.276 e. The van der Waals surface area contributed by atoms with Gasteiger partial charge in [0.15, 0.2) is 18.6 Å². The van der Waals surface area contributed by atoms with E-state index < -0.39 is 4.92 Å². The summed E-state index contributed by atoms with van der Waals surface area (Å²) >= 11 is 0. The normalized spacial score (nSPS) is 10.7. The van der Waals surface area contributed by atoms with Gasteiger partial charge in [0.25, 0.3) is 11.6 Å². The molecule has 0 aliphatic rings. The second-order valence-corrected chi connectivity index (χ2v) is 8.91. The average Bonchev–Trinajstić information content (AvgIpc) is 2.93. The number of rotatable bonds is 7. The molecule has 2 heterocycles. The molecule has 9 heteroatoms. The van der Waals surface area contributed by atoms with Crippen LogP contribution in [0.1, 0.15) is 10.4 Å². The fourth-order valence-electron chi connectivity index (χ4n) is 4.07. The Morgan fingerprint density at radius 1 is 0.737 bits per heavy atom. The van der Waals surface area contributed by atoms with Crippen LogP contribution in [-0.4, -0.2) is 10.8 Å². The lowest BCUT2D eigenvalue weighted by atomic mass is 10.1. The monoisotopic (exact) mass is 506 g/mol. The van der Waals surface area contributed by atoms with Crippen molar-refractivity contribution in [3.05, 3.63) is 119 Å². The Bertz CT molecular complexity index is 1630. The van der Waals surface area contributed by atoms with Crippen LogP contribution in [-0.2, 0) is 14.1 Å². The van der Waals surface area contributed by atoms with E-state index >= 15 is 0 Å². The number of pyridine rings is 2. The summed E-state index contributed by atoms with van der Waals surface area (Å²) in [6, 6.07) is 25.3. The van der Waals surface area contributed by atoms with Gasteiger partial charge in [-0.25, -0.2) is 9.13 Å². The van der Waals surface area contributed by atoms with Crippen LogP contribution in [0.15, 0.2) is 104 Å². The molecule has 3 N–H and O–H groups in total. The molecule has 2 aromatic heterocycles. The fourth-order valence-corrected chi connectivity index (χ4v) is 4.07. The number of fused-ring (bicyclic) bond motifs is 1. The van der Waals surface area contributed by atoms with Crippen molar-refractivity contribution in [3.63, 3.8) is 0 Å². The van der Waals surface area contributed by atoms with Gasteiger partial charge < -0.3 is 16.0 Å². The number of aromatic nitrogens is 2. The van der Waals surface area contributed by atoms with E-state index in [-0.39, 0.29) is 11.6 Å². The third-order valence-electron chi connectivity index (χ3n) is 6.16. The molecule has 0 unspecified atom stereocenters. The molecule has 0 atom stereocenters. The smallest absolute Gasteiger partial charge is 0.276 e. The van der Waals surface area contributed by atoms with Gasteiger partial charge in [-0.3, -0.25) is 14.9 Å². The summed E-state index contributed by atoms with van der Waals surface area (Å²) in [6.07, 6.45) is 5.77. The van der Waals surface area contributed by atoms with E-state index in [9.17, 15) is 14.9 Å². The third kappa shape index (κ3) is 5.41. The standard InChI is InChI=1S/C29H24N6O3/c1-33-16-13-24(14-17-33)30-21-5-3-20(4-6-21)29(36)32-23-9-7-22(8-10-23)31-27-15-18-34(2)28-19-25(35(37)38)11-12-26(27)28/h3-19H,1-2H3,(H,32,36)/p+2. The Hall–Kier alpha value is -5.31. The van der Waals surface area contributed by atoms with Gasteiger partial charge in [-0.2, -0.15) is 0 Å². The van der Waals surface area contributed by atoms with E-state index in [4.69, 9.17) is 0 Å². The molecule has 38 heavy (non-hydrogen) atoms. The minimum Gasteiger partial charge on any atom is -0.355 e. The number of anilines is 5. The molecular formula is C29H26N6O3+2. The third-order valence-corrected chi connectivity index (χ3v) is 6.16. The van der Waals surface area contributed by atoms with E-state index in [0.29, 0.717) is 11.3 Å². The van der Waals surface area contributed by atoms with Crippen molar-refractivity contribution in [2.24, 2.45) is 14.1 Å². The summed E-state index contributed by atoms with van der Waals surface area (Å²) in [6.45, 7) is 0. The van der Waals surface area contributed by atoms with E-state index in [2.05, 4.69) is 16.0 Å². The molecule has 0 saturated carbocycles. The van der Waals surface area contributed by atoms with E-state index in [0.717, 1.165) is 33.7 Å². The SMILES string of the molecule is C[n+]1ccc(Nc2ccc(C(=O)Nc3ccc(Nc4cc[n+](C)c5cc([N+](=O)[O-])ccc45)cc3)cc2)cc1. The van der Waals surface area contributed by atoms with Gasteiger partial charge in [-0.1, -0.05) is 0 Å². The Kier molecular flexibility index (Phi) is 6.65. The molecule has 0 bridgehead atoms. The lowest BCUT2D eigenvalue weighted by Crippen LogP contribution is -2.28. The molecule has 0 spiro atoms. The highest BCUT2D eigenvalue weighted by atomic mass is 16.6. The summed E-state index contributed by atoms with van der Waals surface area (Å²) in [4.78, 5) is 23.5. The Labute approximate surface area is 219 Å². The minimum atomic E-state index is -0.400. The first-order valence-electron chi connectivity index (χ1n) is 11.9. The minimum absolute atomic E-state index is 0.0432. The second-order valence-electron chi connectivity index (χ2n) is 8.91. The Morgan fingerprint density at radius 3 is 2.03 bits per heavy atom. The number of nitro benzene ring substituents is 1.